The number of aromatic nitrogens is 1. The van der Waals surface area contributed by atoms with E-state index in [2.05, 4.69) is 11.9 Å². The molecule has 1 aliphatic heterocycles. The monoisotopic (exact) mass is 267 g/mol. The Morgan fingerprint density at radius 2 is 2.20 bits per heavy atom. The number of pyridine rings is 1. The normalized spacial score (nSPS) is 17.9. The van der Waals surface area contributed by atoms with E-state index in [0.717, 1.165) is 11.1 Å². The van der Waals surface area contributed by atoms with Gasteiger partial charge in [-0.25, -0.2) is 0 Å². The molecule has 20 heavy (non-hydrogen) atoms. The minimum absolute atomic E-state index is 0.0139. The van der Waals surface area contributed by atoms with Gasteiger partial charge in [0, 0.05) is 31.2 Å². The van der Waals surface area contributed by atoms with Crippen LogP contribution in [0.1, 0.15) is 34.3 Å². The van der Waals surface area contributed by atoms with Gasteiger partial charge in [0.2, 0.25) is 0 Å². The Labute approximate surface area is 118 Å². The third-order valence-electron chi connectivity index (χ3n) is 3.75. The van der Waals surface area contributed by atoms with Crippen molar-refractivity contribution < 1.29 is 4.79 Å². The molecule has 1 aliphatic rings. The first-order valence-electron chi connectivity index (χ1n) is 6.73. The molecule has 3 rings (SSSR count). The van der Waals surface area contributed by atoms with Crippen molar-refractivity contribution in [2.45, 2.75) is 19.4 Å². The van der Waals surface area contributed by atoms with E-state index in [0.29, 0.717) is 30.3 Å². The fourth-order valence-electron chi connectivity index (χ4n) is 2.76. The van der Waals surface area contributed by atoms with Crippen molar-refractivity contribution in [3.63, 3.8) is 0 Å². The molecule has 2 N–H and O–H groups in total. The van der Waals surface area contributed by atoms with E-state index in [1.807, 2.05) is 29.2 Å². The summed E-state index contributed by atoms with van der Waals surface area (Å²) in [5.41, 5.74) is 9.30. The molecule has 2 aromatic rings. The molecular weight excluding hydrogens is 250 g/mol. The summed E-state index contributed by atoms with van der Waals surface area (Å²) in [6.45, 7) is 3.41. The van der Waals surface area contributed by atoms with Crippen LogP contribution in [0.4, 0.5) is 5.69 Å². The molecule has 4 heteroatoms. The van der Waals surface area contributed by atoms with Gasteiger partial charge in [-0.15, -0.1) is 0 Å². The Hall–Kier alpha value is -2.36. The first-order valence-corrected chi connectivity index (χ1v) is 6.73. The first kappa shape index (κ1) is 12.7. The largest absolute Gasteiger partial charge is 0.398 e. The van der Waals surface area contributed by atoms with Crippen molar-refractivity contribution in [1.82, 2.24) is 9.88 Å². The Bertz CT molecular complexity index is 639. The van der Waals surface area contributed by atoms with Crippen LogP contribution in [0.15, 0.2) is 42.7 Å². The number of benzene rings is 1. The molecule has 1 amide bonds. The summed E-state index contributed by atoms with van der Waals surface area (Å²) < 4.78 is 0. The fourth-order valence-corrected chi connectivity index (χ4v) is 2.76. The van der Waals surface area contributed by atoms with Crippen LogP contribution in [0.2, 0.25) is 0 Å². The van der Waals surface area contributed by atoms with E-state index < -0.39 is 0 Å². The van der Waals surface area contributed by atoms with Crippen molar-refractivity contribution in [3.05, 3.63) is 59.4 Å². The van der Waals surface area contributed by atoms with E-state index in [9.17, 15) is 4.79 Å². The Balaban J connectivity index is 1.93. The molecule has 0 radical (unpaired) electrons. The fraction of sp³-hybridized carbons (Fsp3) is 0.250. The summed E-state index contributed by atoms with van der Waals surface area (Å²) in [6.07, 6.45) is 3.53. The van der Waals surface area contributed by atoms with E-state index in [4.69, 9.17) is 5.73 Å². The average molecular weight is 267 g/mol. The minimum Gasteiger partial charge on any atom is -0.398 e. The van der Waals surface area contributed by atoms with Gasteiger partial charge in [0.05, 0.1) is 5.56 Å². The predicted molar refractivity (Wildman–Crippen MR) is 78.2 cm³/mol. The molecule has 0 bridgehead atoms. The van der Waals surface area contributed by atoms with Crippen molar-refractivity contribution >= 4 is 11.6 Å². The van der Waals surface area contributed by atoms with Crippen molar-refractivity contribution in [2.24, 2.45) is 0 Å². The summed E-state index contributed by atoms with van der Waals surface area (Å²) in [4.78, 5) is 18.6. The third-order valence-corrected chi connectivity index (χ3v) is 3.75. The lowest BCUT2D eigenvalue weighted by Gasteiger charge is -2.33. The Morgan fingerprint density at radius 1 is 1.35 bits per heavy atom. The third kappa shape index (κ3) is 2.13. The van der Waals surface area contributed by atoms with Gasteiger partial charge >= 0.3 is 0 Å². The van der Waals surface area contributed by atoms with Crippen molar-refractivity contribution in [1.29, 1.82) is 0 Å². The molecule has 0 fully saturated rings. The molecule has 1 aromatic carbocycles. The highest BCUT2D eigenvalue weighted by Crippen LogP contribution is 2.32. The average Bonchev–Trinajstić information content (AvgIpc) is 2.45. The van der Waals surface area contributed by atoms with Gasteiger partial charge in [0.25, 0.3) is 5.91 Å². The highest BCUT2D eigenvalue weighted by atomic mass is 16.2. The molecular formula is C16H17N3O. The SMILES string of the molecule is CC1CN(Cc2cccnc2)C(=O)c2c(N)cccc21. The lowest BCUT2D eigenvalue weighted by atomic mass is 9.89. The van der Waals surface area contributed by atoms with Crippen LogP contribution in [0.25, 0.3) is 0 Å². The second kappa shape index (κ2) is 4.96. The minimum atomic E-state index is 0.0139. The second-order valence-corrected chi connectivity index (χ2v) is 5.26. The van der Waals surface area contributed by atoms with Crippen LogP contribution < -0.4 is 5.73 Å². The zero-order chi connectivity index (χ0) is 14.1. The van der Waals surface area contributed by atoms with Crippen LogP contribution in [-0.2, 0) is 6.54 Å². The molecule has 102 valence electrons. The van der Waals surface area contributed by atoms with Gasteiger partial charge in [-0.05, 0) is 29.2 Å². The summed E-state index contributed by atoms with van der Waals surface area (Å²) in [6, 6.07) is 9.56. The number of fused-ring (bicyclic) bond motifs is 1. The van der Waals surface area contributed by atoms with Crippen molar-refractivity contribution in [3.8, 4) is 0 Å². The number of carbonyl (C=O) groups excluding carboxylic acids is 1. The molecule has 0 saturated heterocycles. The van der Waals surface area contributed by atoms with Gasteiger partial charge in [0.15, 0.2) is 0 Å². The van der Waals surface area contributed by atoms with E-state index >= 15 is 0 Å². The van der Waals surface area contributed by atoms with Gasteiger partial charge in [-0.3, -0.25) is 9.78 Å². The number of carbonyl (C=O) groups is 1. The van der Waals surface area contributed by atoms with E-state index in [-0.39, 0.29) is 5.91 Å². The molecule has 1 aromatic heterocycles. The number of nitrogens with two attached hydrogens (primary N) is 1. The van der Waals surface area contributed by atoms with Gasteiger partial charge < -0.3 is 10.6 Å². The zero-order valence-corrected chi connectivity index (χ0v) is 11.4. The van der Waals surface area contributed by atoms with Crippen LogP contribution in [0.3, 0.4) is 0 Å². The van der Waals surface area contributed by atoms with Crippen LogP contribution >= 0.6 is 0 Å². The Kier molecular flexibility index (Phi) is 3.14. The lowest BCUT2D eigenvalue weighted by molar-refractivity contribution is 0.0712. The number of hydrogen-bond donors (Lipinski definition) is 1. The molecule has 4 nitrogen and oxygen atoms in total. The van der Waals surface area contributed by atoms with E-state index in [1.165, 1.54) is 0 Å². The molecule has 2 heterocycles. The van der Waals surface area contributed by atoms with Gasteiger partial charge in [0.1, 0.15) is 0 Å². The maximum absolute atomic E-state index is 12.6. The topological polar surface area (TPSA) is 59.2 Å². The number of hydrogen-bond acceptors (Lipinski definition) is 3. The maximum atomic E-state index is 12.6. The first-order chi connectivity index (χ1) is 9.66. The summed E-state index contributed by atoms with van der Waals surface area (Å²) in [5, 5.41) is 0. The van der Waals surface area contributed by atoms with Crippen molar-refractivity contribution in [2.75, 3.05) is 12.3 Å². The molecule has 1 unspecified atom stereocenters. The number of amides is 1. The standard InChI is InChI=1S/C16H17N3O/c1-11-9-19(10-12-4-3-7-18-8-12)16(20)15-13(11)5-2-6-14(15)17/h2-8,11H,9-10,17H2,1H3. The Morgan fingerprint density at radius 3 is 2.95 bits per heavy atom. The lowest BCUT2D eigenvalue weighted by Crippen LogP contribution is -2.39. The molecule has 0 saturated carbocycles. The predicted octanol–water partition coefficient (Wildman–Crippen LogP) is 2.42. The van der Waals surface area contributed by atoms with Gasteiger partial charge in [-0.1, -0.05) is 25.1 Å². The summed E-state index contributed by atoms with van der Waals surface area (Å²) in [5.74, 6) is 0.308. The highest BCUT2D eigenvalue weighted by molar-refractivity contribution is 6.01. The maximum Gasteiger partial charge on any atom is 0.256 e. The van der Waals surface area contributed by atoms with Gasteiger partial charge in [-0.2, -0.15) is 0 Å². The number of rotatable bonds is 2. The number of anilines is 1. The molecule has 0 spiro atoms. The summed E-state index contributed by atoms with van der Waals surface area (Å²) in [7, 11) is 0. The molecule has 0 aliphatic carbocycles. The smallest absolute Gasteiger partial charge is 0.256 e. The van der Waals surface area contributed by atoms with Crippen LogP contribution in [0, 0.1) is 0 Å². The number of nitrogens with zero attached hydrogens (tertiary/aromatic N) is 2. The zero-order valence-electron chi connectivity index (χ0n) is 11.4. The highest BCUT2D eigenvalue weighted by Gasteiger charge is 2.30. The van der Waals surface area contributed by atoms with Crippen LogP contribution in [-0.4, -0.2) is 22.3 Å². The quantitative estimate of drug-likeness (QED) is 0.850. The number of nitrogen functional groups attached to an aromatic ring is 1. The second-order valence-electron chi connectivity index (χ2n) is 5.26. The summed E-state index contributed by atoms with van der Waals surface area (Å²) >= 11 is 0. The molecule has 1 atom stereocenters. The van der Waals surface area contributed by atoms with Crippen LogP contribution in [0.5, 0.6) is 0 Å². The van der Waals surface area contributed by atoms with E-state index in [1.54, 1.807) is 18.5 Å².